The Morgan fingerprint density at radius 2 is 1.62 bits per heavy atom. The fraction of sp³-hybridized carbons (Fsp3) is 0.263. The molecule has 0 unspecified atom stereocenters. The van der Waals surface area contributed by atoms with Crippen molar-refractivity contribution in [1.29, 1.82) is 0 Å². The highest BCUT2D eigenvalue weighted by Gasteiger charge is 2.38. The van der Waals surface area contributed by atoms with E-state index in [4.69, 9.17) is 0 Å². The lowest BCUT2D eigenvalue weighted by molar-refractivity contribution is -0.173. The fourth-order valence-electron chi connectivity index (χ4n) is 2.22. The number of hydrogen-bond acceptors (Lipinski definition) is 6. The molecule has 0 aliphatic rings. The van der Waals surface area contributed by atoms with Crippen LogP contribution in [-0.4, -0.2) is 37.4 Å². The third-order valence-electron chi connectivity index (χ3n) is 3.69. The minimum atomic E-state index is -5.04. The average Bonchev–Trinajstić information content (AvgIpc) is 2.71. The molecule has 32 heavy (non-hydrogen) atoms. The summed E-state index contributed by atoms with van der Waals surface area (Å²) in [5, 5.41) is 2.92. The summed E-state index contributed by atoms with van der Waals surface area (Å²) in [5.74, 6) is -2.19. The molecular weight excluding hydrogens is 469 g/mol. The van der Waals surface area contributed by atoms with Crippen LogP contribution in [0.25, 0.3) is 0 Å². The van der Waals surface area contributed by atoms with E-state index < -0.39 is 22.1 Å². The second kappa shape index (κ2) is 10.6. The first kappa shape index (κ1) is 25.3. The molecule has 0 aromatic heterocycles. The van der Waals surface area contributed by atoms with Crippen molar-refractivity contribution in [2.24, 2.45) is 0 Å². The number of hydrogen-bond donors (Lipinski definition) is 4. The third kappa shape index (κ3) is 7.96. The molecule has 0 aliphatic carbocycles. The van der Waals surface area contributed by atoms with Gasteiger partial charge in [0.2, 0.25) is 5.91 Å². The number of alkyl halides is 3. The number of thioether (sulfide) groups is 1. The number of rotatable bonds is 9. The van der Waals surface area contributed by atoms with E-state index in [1.54, 1.807) is 6.07 Å². The van der Waals surface area contributed by atoms with Crippen LogP contribution in [0.5, 0.6) is 0 Å². The van der Waals surface area contributed by atoms with Crippen molar-refractivity contribution >= 4 is 50.7 Å². The lowest BCUT2D eigenvalue weighted by Crippen LogP contribution is -2.40. The molecule has 0 fully saturated rings. The number of amides is 2. The van der Waals surface area contributed by atoms with E-state index in [2.05, 4.69) is 15.5 Å². The molecule has 8 nitrogen and oxygen atoms in total. The zero-order valence-electron chi connectivity index (χ0n) is 17.0. The lowest BCUT2D eigenvalue weighted by atomic mass is 10.3. The van der Waals surface area contributed by atoms with Gasteiger partial charge in [0.15, 0.2) is 0 Å². The van der Waals surface area contributed by atoms with Gasteiger partial charge in [-0.1, -0.05) is 19.9 Å². The largest absolute Gasteiger partial charge is 0.472 e. The summed E-state index contributed by atoms with van der Waals surface area (Å²) in [6, 6.07) is 10.9. The van der Waals surface area contributed by atoms with E-state index in [1.807, 2.05) is 13.8 Å². The van der Waals surface area contributed by atoms with Crippen LogP contribution in [0.4, 0.5) is 30.2 Å². The number of carbonyl (C=O) groups excluding carboxylic acids is 2. The van der Waals surface area contributed by atoms with Gasteiger partial charge in [-0.05, 0) is 47.7 Å². The van der Waals surface area contributed by atoms with Crippen LogP contribution >= 0.6 is 11.8 Å². The molecule has 13 heteroatoms. The highest BCUT2D eigenvalue weighted by atomic mass is 32.2. The predicted molar refractivity (Wildman–Crippen MR) is 118 cm³/mol. The van der Waals surface area contributed by atoms with Crippen LogP contribution in [0.3, 0.4) is 0 Å². The van der Waals surface area contributed by atoms with Gasteiger partial charge in [-0.25, -0.2) is 8.42 Å². The zero-order chi connectivity index (χ0) is 23.9. The zero-order valence-corrected chi connectivity index (χ0v) is 18.6. The van der Waals surface area contributed by atoms with E-state index >= 15 is 0 Å². The Balaban J connectivity index is 2.02. The maximum Gasteiger partial charge on any atom is 0.472 e. The van der Waals surface area contributed by atoms with Crippen molar-refractivity contribution in [3.8, 4) is 0 Å². The SMILES string of the molecule is CC(C)SCC(=O)Nc1cccc(S(=O)(=O)Nc2ccc(NNC(=O)C(F)(F)F)cc2)c1. The topological polar surface area (TPSA) is 116 Å². The van der Waals surface area contributed by atoms with Crippen LogP contribution in [-0.2, 0) is 19.6 Å². The van der Waals surface area contributed by atoms with Gasteiger partial charge in [0.25, 0.3) is 10.0 Å². The van der Waals surface area contributed by atoms with E-state index in [0.717, 1.165) is 0 Å². The standard InChI is InChI=1S/C19H21F3N4O4S2/c1-12(2)31-11-17(27)23-15-4-3-5-16(10-15)32(29,30)26-14-8-6-13(7-9-14)24-25-18(28)19(20,21)22/h3-10,12,24,26H,11H2,1-2H3,(H,23,27)(H,25,28). The van der Waals surface area contributed by atoms with Gasteiger partial charge < -0.3 is 5.32 Å². The minimum Gasteiger partial charge on any atom is -0.325 e. The van der Waals surface area contributed by atoms with Crippen LogP contribution in [0.1, 0.15) is 13.8 Å². The van der Waals surface area contributed by atoms with Gasteiger partial charge in [-0.2, -0.15) is 13.2 Å². The number of halogens is 3. The van der Waals surface area contributed by atoms with Crippen LogP contribution in [0.15, 0.2) is 53.4 Å². The molecule has 2 amide bonds. The molecule has 4 N–H and O–H groups in total. The monoisotopic (exact) mass is 490 g/mol. The summed E-state index contributed by atoms with van der Waals surface area (Å²) in [4.78, 5) is 22.7. The number of anilines is 3. The molecule has 0 aliphatic heterocycles. The van der Waals surface area contributed by atoms with Gasteiger partial charge in [0.1, 0.15) is 0 Å². The number of carbonyl (C=O) groups is 2. The first-order valence-electron chi connectivity index (χ1n) is 9.14. The first-order chi connectivity index (χ1) is 14.9. The summed E-state index contributed by atoms with van der Waals surface area (Å²) in [6.07, 6.45) is -5.04. The van der Waals surface area contributed by atoms with Crippen molar-refractivity contribution in [2.75, 3.05) is 21.2 Å². The summed E-state index contributed by atoms with van der Waals surface area (Å²) in [6.45, 7) is 3.91. The Morgan fingerprint density at radius 1 is 1.00 bits per heavy atom. The number of benzene rings is 2. The smallest absolute Gasteiger partial charge is 0.325 e. The second-order valence-electron chi connectivity index (χ2n) is 6.70. The van der Waals surface area contributed by atoms with Crippen LogP contribution in [0, 0.1) is 0 Å². The molecule has 0 atom stereocenters. The highest BCUT2D eigenvalue weighted by molar-refractivity contribution is 8.00. The van der Waals surface area contributed by atoms with Crippen molar-refractivity contribution in [3.63, 3.8) is 0 Å². The lowest BCUT2D eigenvalue weighted by Gasteiger charge is -2.12. The molecule has 2 aromatic rings. The fourth-order valence-corrected chi connectivity index (χ4v) is 3.88. The number of sulfonamides is 1. The summed E-state index contributed by atoms with van der Waals surface area (Å²) < 4.78 is 64.1. The molecule has 0 heterocycles. The van der Waals surface area contributed by atoms with Gasteiger partial charge >= 0.3 is 12.1 Å². The summed E-state index contributed by atoms with van der Waals surface area (Å²) in [7, 11) is -4.00. The normalized spacial score (nSPS) is 11.7. The van der Waals surface area contributed by atoms with Crippen molar-refractivity contribution in [2.45, 2.75) is 30.2 Å². The average molecular weight is 491 g/mol. The van der Waals surface area contributed by atoms with E-state index in [9.17, 15) is 31.2 Å². The summed E-state index contributed by atoms with van der Waals surface area (Å²) >= 11 is 1.45. The quantitative estimate of drug-likeness (QED) is 0.400. The van der Waals surface area contributed by atoms with Crippen molar-refractivity contribution < 1.29 is 31.2 Å². The minimum absolute atomic E-state index is 0.0912. The van der Waals surface area contributed by atoms with Crippen molar-refractivity contribution in [3.05, 3.63) is 48.5 Å². The predicted octanol–water partition coefficient (Wildman–Crippen LogP) is 3.57. The van der Waals surface area contributed by atoms with Gasteiger partial charge in [0.05, 0.1) is 16.3 Å². The molecule has 0 saturated heterocycles. The maximum atomic E-state index is 12.6. The molecule has 0 bridgehead atoms. The molecule has 2 rings (SSSR count). The molecule has 0 spiro atoms. The molecule has 0 saturated carbocycles. The van der Waals surface area contributed by atoms with Crippen LogP contribution < -0.4 is 20.9 Å². The highest BCUT2D eigenvalue weighted by Crippen LogP contribution is 2.21. The first-order valence-corrected chi connectivity index (χ1v) is 11.7. The molecule has 2 aromatic carbocycles. The van der Waals surface area contributed by atoms with E-state index in [-0.39, 0.29) is 33.2 Å². The molecular formula is C19H21F3N4O4S2. The third-order valence-corrected chi connectivity index (χ3v) is 6.17. The van der Waals surface area contributed by atoms with E-state index in [0.29, 0.717) is 5.69 Å². The van der Waals surface area contributed by atoms with Crippen molar-refractivity contribution in [1.82, 2.24) is 5.43 Å². The second-order valence-corrected chi connectivity index (χ2v) is 9.94. The number of hydrazine groups is 1. The van der Waals surface area contributed by atoms with Gasteiger partial charge in [-0.15, -0.1) is 11.8 Å². The molecule has 174 valence electrons. The Labute approximate surface area is 187 Å². The van der Waals surface area contributed by atoms with Gasteiger partial charge in [-0.3, -0.25) is 25.2 Å². The van der Waals surface area contributed by atoms with Crippen LogP contribution in [0.2, 0.25) is 0 Å². The Kier molecular flexibility index (Phi) is 8.38. The number of nitrogens with one attached hydrogen (secondary N) is 4. The van der Waals surface area contributed by atoms with E-state index in [1.165, 1.54) is 59.7 Å². The summed E-state index contributed by atoms with van der Waals surface area (Å²) in [5.41, 5.74) is 4.12. The maximum absolute atomic E-state index is 12.6. The Morgan fingerprint density at radius 3 is 2.22 bits per heavy atom. The van der Waals surface area contributed by atoms with Gasteiger partial charge in [0, 0.05) is 11.4 Å². The molecule has 0 radical (unpaired) electrons. The Hall–Kier alpha value is -2.93. The Bertz CT molecular complexity index is 1060.